The summed E-state index contributed by atoms with van der Waals surface area (Å²) in [6.07, 6.45) is 3.76. The van der Waals surface area contributed by atoms with Gasteiger partial charge < -0.3 is 24.4 Å². The zero-order chi connectivity index (χ0) is 18.2. The van der Waals surface area contributed by atoms with E-state index in [1.54, 1.807) is 27.5 Å². The highest BCUT2D eigenvalue weighted by Gasteiger charge is 2.14. The van der Waals surface area contributed by atoms with E-state index in [2.05, 4.69) is 27.4 Å². The summed E-state index contributed by atoms with van der Waals surface area (Å²) in [4.78, 5) is 6.49. The highest BCUT2D eigenvalue weighted by Crippen LogP contribution is 2.40. The SMILES string of the molecule is CCCCN(C)c1nncc(Nc2cc(OC)c(OC)c(OC)c2)n1. The fraction of sp³-hybridized carbons (Fsp3) is 0.471. The van der Waals surface area contributed by atoms with Crippen LogP contribution in [0.4, 0.5) is 17.5 Å². The van der Waals surface area contributed by atoms with E-state index >= 15 is 0 Å². The van der Waals surface area contributed by atoms with Gasteiger partial charge in [-0.1, -0.05) is 13.3 Å². The van der Waals surface area contributed by atoms with Gasteiger partial charge in [0.05, 0.1) is 27.5 Å². The Hall–Kier alpha value is -2.77. The number of nitrogens with one attached hydrogen (secondary N) is 1. The first-order chi connectivity index (χ1) is 12.1. The van der Waals surface area contributed by atoms with Crippen molar-refractivity contribution in [3.8, 4) is 17.2 Å². The molecule has 1 heterocycles. The maximum atomic E-state index is 5.36. The van der Waals surface area contributed by atoms with Crippen LogP contribution in [0.15, 0.2) is 18.3 Å². The first-order valence-electron chi connectivity index (χ1n) is 8.10. The lowest BCUT2D eigenvalue weighted by atomic mass is 10.2. The number of hydrogen-bond acceptors (Lipinski definition) is 8. The van der Waals surface area contributed by atoms with Gasteiger partial charge in [-0.2, -0.15) is 10.1 Å². The fourth-order valence-electron chi connectivity index (χ4n) is 2.31. The summed E-state index contributed by atoms with van der Waals surface area (Å²) in [5, 5.41) is 11.3. The second kappa shape index (κ2) is 8.91. The number of methoxy groups -OCH3 is 3. The third-order valence-electron chi connectivity index (χ3n) is 3.67. The molecule has 0 fully saturated rings. The van der Waals surface area contributed by atoms with Gasteiger partial charge in [0.15, 0.2) is 17.3 Å². The van der Waals surface area contributed by atoms with E-state index in [1.165, 1.54) is 0 Å². The summed E-state index contributed by atoms with van der Waals surface area (Å²) in [6.45, 7) is 3.03. The molecule has 0 aliphatic carbocycles. The number of rotatable bonds is 9. The number of unbranched alkanes of at least 4 members (excludes halogenated alkanes) is 1. The second-order valence-electron chi connectivity index (χ2n) is 5.46. The Morgan fingerprint density at radius 1 is 1.08 bits per heavy atom. The molecule has 1 aromatic heterocycles. The van der Waals surface area contributed by atoms with E-state index in [0.29, 0.717) is 29.0 Å². The van der Waals surface area contributed by atoms with Crippen molar-refractivity contribution in [2.45, 2.75) is 19.8 Å². The lowest BCUT2D eigenvalue weighted by Crippen LogP contribution is -2.21. The number of benzene rings is 1. The zero-order valence-electron chi connectivity index (χ0n) is 15.4. The molecule has 0 unspecified atom stereocenters. The molecule has 0 radical (unpaired) electrons. The van der Waals surface area contributed by atoms with Crippen molar-refractivity contribution < 1.29 is 14.2 Å². The molecule has 2 aromatic rings. The fourth-order valence-corrected chi connectivity index (χ4v) is 2.31. The van der Waals surface area contributed by atoms with Crippen LogP contribution in [0.3, 0.4) is 0 Å². The van der Waals surface area contributed by atoms with Gasteiger partial charge in [-0.05, 0) is 6.42 Å². The van der Waals surface area contributed by atoms with Crippen LogP contribution in [0.2, 0.25) is 0 Å². The van der Waals surface area contributed by atoms with Crippen LogP contribution in [-0.4, -0.2) is 50.1 Å². The lowest BCUT2D eigenvalue weighted by Gasteiger charge is -2.17. The Morgan fingerprint density at radius 3 is 2.32 bits per heavy atom. The van der Waals surface area contributed by atoms with E-state index in [4.69, 9.17) is 14.2 Å². The van der Waals surface area contributed by atoms with Crippen LogP contribution in [-0.2, 0) is 0 Å². The zero-order valence-corrected chi connectivity index (χ0v) is 15.4. The van der Waals surface area contributed by atoms with Gasteiger partial charge in [-0.3, -0.25) is 0 Å². The molecular formula is C17H25N5O3. The molecule has 1 aromatic carbocycles. The molecule has 0 amide bonds. The smallest absolute Gasteiger partial charge is 0.247 e. The molecule has 8 heteroatoms. The Bertz CT molecular complexity index is 671. The summed E-state index contributed by atoms with van der Waals surface area (Å²) < 4.78 is 16.1. The second-order valence-corrected chi connectivity index (χ2v) is 5.46. The van der Waals surface area contributed by atoms with Crippen molar-refractivity contribution in [2.75, 3.05) is 45.1 Å². The molecule has 8 nitrogen and oxygen atoms in total. The van der Waals surface area contributed by atoms with Gasteiger partial charge in [-0.25, -0.2) is 0 Å². The maximum Gasteiger partial charge on any atom is 0.247 e. The first kappa shape index (κ1) is 18.6. The maximum absolute atomic E-state index is 5.36. The van der Waals surface area contributed by atoms with Crippen LogP contribution in [0.25, 0.3) is 0 Å². The third-order valence-corrected chi connectivity index (χ3v) is 3.67. The number of aromatic nitrogens is 3. The highest BCUT2D eigenvalue weighted by atomic mass is 16.5. The molecule has 136 valence electrons. The number of nitrogens with zero attached hydrogens (tertiary/aromatic N) is 4. The minimum atomic E-state index is 0.538. The predicted octanol–water partition coefficient (Wildman–Crippen LogP) is 2.88. The van der Waals surface area contributed by atoms with Crippen molar-refractivity contribution >= 4 is 17.5 Å². The molecular weight excluding hydrogens is 322 g/mol. The summed E-state index contributed by atoms with van der Waals surface area (Å²) >= 11 is 0. The molecule has 0 aliphatic rings. The van der Waals surface area contributed by atoms with Gasteiger partial charge >= 0.3 is 0 Å². The van der Waals surface area contributed by atoms with Gasteiger partial charge in [0.2, 0.25) is 11.7 Å². The predicted molar refractivity (Wildman–Crippen MR) is 97.4 cm³/mol. The van der Waals surface area contributed by atoms with Gasteiger partial charge in [0.1, 0.15) is 0 Å². The van der Waals surface area contributed by atoms with Gasteiger partial charge in [-0.15, -0.1) is 5.10 Å². The molecule has 0 bridgehead atoms. The third kappa shape index (κ3) is 4.62. The van der Waals surface area contributed by atoms with Crippen LogP contribution in [0.5, 0.6) is 17.2 Å². The van der Waals surface area contributed by atoms with E-state index in [-0.39, 0.29) is 0 Å². The molecule has 0 saturated carbocycles. The van der Waals surface area contributed by atoms with E-state index in [1.807, 2.05) is 24.1 Å². The average Bonchev–Trinajstić information content (AvgIpc) is 2.65. The Balaban J connectivity index is 2.24. The molecule has 1 N–H and O–H groups in total. The Labute approximate surface area is 148 Å². The summed E-state index contributed by atoms with van der Waals surface area (Å²) in [5.41, 5.74) is 0.747. The Morgan fingerprint density at radius 2 is 1.76 bits per heavy atom. The molecule has 2 rings (SSSR count). The van der Waals surface area contributed by atoms with E-state index < -0.39 is 0 Å². The van der Waals surface area contributed by atoms with Crippen molar-refractivity contribution in [3.63, 3.8) is 0 Å². The van der Waals surface area contributed by atoms with Gasteiger partial charge in [0.25, 0.3) is 0 Å². The summed E-state index contributed by atoms with van der Waals surface area (Å²) in [6, 6.07) is 3.62. The number of hydrogen-bond donors (Lipinski definition) is 1. The molecule has 0 aliphatic heterocycles. The van der Waals surface area contributed by atoms with Gasteiger partial charge in [0, 0.05) is 31.4 Å². The van der Waals surface area contributed by atoms with Crippen molar-refractivity contribution in [1.82, 2.24) is 15.2 Å². The van der Waals surface area contributed by atoms with Crippen molar-refractivity contribution in [3.05, 3.63) is 18.3 Å². The standard InChI is InChI=1S/C17H25N5O3/c1-6-7-8-22(2)17-20-15(11-18-21-17)19-12-9-13(23-3)16(25-5)14(10-12)24-4/h9-11H,6-8H2,1-5H3,(H,19,20,21). The minimum absolute atomic E-state index is 0.538. The lowest BCUT2D eigenvalue weighted by molar-refractivity contribution is 0.324. The molecule has 0 atom stereocenters. The van der Waals surface area contributed by atoms with Crippen LogP contribution in [0.1, 0.15) is 19.8 Å². The highest BCUT2D eigenvalue weighted by molar-refractivity contribution is 5.66. The van der Waals surface area contributed by atoms with Crippen LogP contribution in [0, 0.1) is 0 Å². The normalized spacial score (nSPS) is 10.3. The van der Waals surface area contributed by atoms with E-state index in [0.717, 1.165) is 25.1 Å². The largest absolute Gasteiger partial charge is 0.493 e. The summed E-state index contributed by atoms with van der Waals surface area (Å²) in [5.74, 6) is 2.82. The average molecular weight is 347 g/mol. The van der Waals surface area contributed by atoms with Crippen LogP contribution >= 0.6 is 0 Å². The first-order valence-corrected chi connectivity index (χ1v) is 8.10. The number of ether oxygens (including phenoxy) is 3. The van der Waals surface area contributed by atoms with Crippen molar-refractivity contribution in [2.24, 2.45) is 0 Å². The Kier molecular flexibility index (Phi) is 6.62. The molecule has 25 heavy (non-hydrogen) atoms. The molecule has 0 saturated heterocycles. The number of anilines is 3. The van der Waals surface area contributed by atoms with Crippen LogP contribution < -0.4 is 24.4 Å². The minimum Gasteiger partial charge on any atom is -0.493 e. The monoisotopic (exact) mass is 347 g/mol. The quantitative estimate of drug-likeness (QED) is 0.741. The molecule has 0 spiro atoms. The topological polar surface area (TPSA) is 81.6 Å². The van der Waals surface area contributed by atoms with E-state index in [9.17, 15) is 0 Å². The van der Waals surface area contributed by atoms with Crippen molar-refractivity contribution in [1.29, 1.82) is 0 Å². The summed E-state index contributed by atoms with van der Waals surface area (Å²) in [7, 11) is 6.68.